The van der Waals surface area contributed by atoms with Gasteiger partial charge in [0.1, 0.15) is 11.4 Å². The van der Waals surface area contributed by atoms with Gasteiger partial charge in [0.2, 0.25) is 0 Å². The van der Waals surface area contributed by atoms with Crippen molar-refractivity contribution in [2.45, 2.75) is 13.5 Å². The fourth-order valence-electron chi connectivity index (χ4n) is 3.56. The quantitative estimate of drug-likeness (QED) is 0.523. The van der Waals surface area contributed by atoms with Crippen LogP contribution in [-0.4, -0.2) is 41.1 Å². The lowest BCUT2D eigenvalue weighted by Crippen LogP contribution is -2.49. The maximum absolute atomic E-state index is 13.0. The van der Waals surface area contributed by atoms with Crippen molar-refractivity contribution < 1.29 is 8.81 Å². The lowest BCUT2D eigenvalue weighted by atomic mass is 10.1. The molecule has 1 aromatic heterocycles. The molecule has 0 radical (unpaired) electrons. The van der Waals surface area contributed by atoms with E-state index >= 15 is 0 Å². The van der Waals surface area contributed by atoms with Crippen molar-refractivity contribution in [2.24, 2.45) is 0 Å². The summed E-state index contributed by atoms with van der Waals surface area (Å²) < 4.78 is 18.4. The molecule has 3 aromatic rings. The normalized spacial score (nSPS) is 14.9. The molecule has 0 bridgehead atoms. The standard InChI is InChI=1S/C22H22FN3O2S/c1-15-12-21(27)28-20-13-18(6-7-19(15)20)24-22(29)26-10-8-25(9-11-26)14-16-2-4-17(23)5-3-16/h2-7,12-13H,8-11,14H2,1H3,(H,24,29). The lowest BCUT2D eigenvalue weighted by molar-refractivity contribution is 0.177. The summed E-state index contributed by atoms with van der Waals surface area (Å²) in [5.41, 5.74) is 2.99. The van der Waals surface area contributed by atoms with E-state index in [0.717, 1.165) is 54.9 Å². The molecule has 4 rings (SSSR count). The first kappa shape index (κ1) is 19.5. The molecule has 0 atom stereocenters. The molecule has 1 N–H and O–H groups in total. The summed E-state index contributed by atoms with van der Waals surface area (Å²) in [4.78, 5) is 16.1. The van der Waals surface area contributed by atoms with Gasteiger partial charge in [-0.25, -0.2) is 9.18 Å². The van der Waals surface area contributed by atoms with Crippen molar-refractivity contribution >= 4 is 34.0 Å². The third-order valence-corrected chi connectivity index (χ3v) is 5.54. The number of anilines is 1. The summed E-state index contributed by atoms with van der Waals surface area (Å²) in [5.74, 6) is -0.210. The molecule has 2 heterocycles. The Labute approximate surface area is 173 Å². The van der Waals surface area contributed by atoms with E-state index in [9.17, 15) is 9.18 Å². The second-order valence-electron chi connectivity index (χ2n) is 7.28. The summed E-state index contributed by atoms with van der Waals surface area (Å²) in [7, 11) is 0. The highest BCUT2D eigenvalue weighted by Gasteiger charge is 2.19. The molecule has 7 heteroatoms. The Balaban J connectivity index is 1.35. The maximum Gasteiger partial charge on any atom is 0.336 e. The zero-order valence-electron chi connectivity index (χ0n) is 16.2. The predicted octanol–water partition coefficient (Wildman–Crippen LogP) is 3.76. The number of rotatable bonds is 3. The molecule has 0 amide bonds. The average Bonchev–Trinajstić information content (AvgIpc) is 2.70. The van der Waals surface area contributed by atoms with E-state index in [1.54, 1.807) is 6.07 Å². The number of hydrogen-bond acceptors (Lipinski definition) is 4. The second kappa shape index (κ2) is 8.31. The summed E-state index contributed by atoms with van der Waals surface area (Å²) in [6, 6.07) is 13.8. The van der Waals surface area contributed by atoms with Gasteiger partial charge in [0, 0.05) is 55.9 Å². The number of piperazine rings is 1. The first-order valence-electron chi connectivity index (χ1n) is 9.55. The molecule has 1 fully saturated rings. The second-order valence-corrected chi connectivity index (χ2v) is 7.67. The van der Waals surface area contributed by atoms with Crippen LogP contribution in [0.5, 0.6) is 0 Å². The number of thiocarbonyl (C=S) groups is 1. The zero-order valence-corrected chi connectivity index (χ0v) is 17.0. The molecular formula is C22H22FN3O2S. The molecule has 150 valence electrons. The van der Waals surface area contributed by atoms with Crippen molar-refractivity contribution in [2.75, 3.05) is 31.5 Å². The molecule has 1 saturated heterocycles. The predicted molar refractivity (Wildman–Crippen MR) is 117 cm³/mol. The van der Waals surface area contributed by atoms with Gasteiger partial charge in [-0.3, -0.25) is 4.90 Å². The molecule has 0 spiro atoms. The van der Waals surface area contributed by atoms with Crippen LogP contribution in [0.25, 0.3) is 11.0 Å². The number of halogens is 1. The van der Waals surface area contributed by atoms with Crippen molar-refractivity contribution in [3.63, 3.8) is 0 Å². The van der Waals surface area contributed by atoms with Crippen molar-refractivity contribution in [3.05, 3.63) is 75.9 Å². The smallest absolute Gasteiger partial charge is 0.336 e. The Kier molecular flexibility index (Phi) is 5.60. The average molecular weight is 412 g/mol. The highest BCUT2D eigenvalue weighted by Crippen LogP contribution is 2.21. The summed E-state index contributed by atoms with van der Waals surface area (Å²) >= 11 is 5.58. The van der Waals surface area contributed by atoms with Gasteiger partial charge in [-0.1, -0.05) is 12.1 Å². The van der Waals surface area contributed by atoms with Gasteiger partial charge in [-0.2, -0.15) is 0 Å². The van der Waals surface area contributed by atoms with Crippen LogP contribution in [-0.2, 0) is 6.54 Å². The minimum Gasteiger partial charge on any atom is -0.423 e. The third kappa shape index (κ3) is 4.63. The third-order valence-electron chi connectivity index (χ3n) is 5.18. The molecule has 0 aliphatic carbocycles. The Morgan fingerprint density at radius 2 is 1.83 bits per heavy atom. The van der Waals surface area contributed by atoms with Gasteiger partial charge >= 0.3 is 5.63 Å². The van der Waals surface area contributed by atoms with Gasteiger partial charge in [0.25, 0.3) is 0 Å². The summed E-state index contributed by atoms with van der Waals surface area (Å²) in [5, 5.41) is 4.81. The molecule has 5 nitrogen and oxygen atoms in total. The highest BCUT2D eigenvalue weighted by atomic mass is 32.1. The van der Waals surface area contributed by atoms with Gasteiger partial charge in [-0.15, -0.1) is 0 Å². The van der Waals surface area contributed by atoms with Crippen LogP contribution < -0.4 is 10.9 Å². The van der Waals surface area contributed by atoms with Crippen LogP contribution in [0.2, 0.25) is 0 Å². The Morgan fingerprint density at radius 1 is 1.10 bits per heavy atom. The van der Waals surface area contributed by atoms with Crippen LogP contribution in [0.1, 0.15) is 11.1 Å². The van der Waals surface area contributed by atoms with Gasteiger partial charge in [-0.05, 0) is 54.5 Å². The topological polar surface area (TPSA) is 48.7 Å². The molecule has 1 aliphatic heterocycles. The lowest BCUT2D eigenvalue weighted by Gasteiger charge is -2.36. The molecule has 0 unspecified atom stereocenters. The SMILES string of the molecule is Cc1cc(=O)oc2cc(NC(=S)N3CCN(Cc4ccc(F)cc4)CC3)ccc12. The first-order chi connectivity index (χ1) is 14.0. The Bertz CT molecular complexity index is 1090. The van der Waals surface area contributed by atoms with E-state index < -0.39 is 0 Å². The van der Waals surface area contributed by atoms with Gasteiger partial charge < -0.3 is 14.6 Å². The van der Waals surface area contributed by atoms with E-state index in [1.807, 2.05) is 31.2 Å². The van der Waals surface area contributed by atoms with Gasteiger partial charge in [0.05, 0.1) is 0 Å². The van der Waals surface area contributed by atoms with Gasteiger partial charge in [0.15, 0.2) is 5.11 Å². The van der Waals surface area contributed by atoms with Crippen LogP contribution in [0, 0.1) is 12.7 Å². The minimum absolute atomic E-state index is 0.210. The number of nitrogens with one attached hydrogen (secondary N) is 1. The molecule has 1 aliphatic rings. The van der Waals surface area contributed by atoms with Crippen molar-refractivity contribution in [3.8, 4) is 0 Å². The van der Waals surface area contributed by atoms with Crippen molar-refractivity contribution in [1.29, 1.82) is 0 Å². The van der Waals surface area contributed by atoms with E-state index in [0.29, 0.717) is 10.7 Å². The Morgan fingerprint density at radius 3 is 2.55 bits per heavy atom. The molecule has 29 heavy (non-hydrogen) atoms. The van der Waals surface area contributed by atoms with Crippen LogP contribution in [0.3, 0.4) is 0 Å². The summed E-state index contributed by atoms with van der Waals surface area (Å²) in [6.07, 6.45) is 0. The van der Waals surface area contributed by atoms with E-state index in [2.05, 4.69) is 15.1 Å². The monoisotopic (exact) mass is 411 g/mol. The number of benzene rings is 2. The number of fused-ring (bicyclic) bond motifs is 1. The van der Waals surface area contributed by atoms with Crippen LogP contribution in [0.15, 0.2) is 57.7 Å². The minimum atomic E-state index is -0.355. The zero-order chi connectivity index (χ0) is 20.4. The molecule has 0 saturated carbocycles. The number of nitrogens with zero attached hydrogens (tertiary/aromatic N) is 2. The van der Waals surface area contributed by atoms with Crippen molar-refractivity contribution in [1.82, 2.24) is 9.80 Å². The van der Waals surface area contributed by atoms with E-state index in [4.69, 9.17) is 16.6 Å². The fourth-order valence-corrected chi connectivity index (χ4v) is 3.86. The van der Waals surface area contributed by atoms with Crippen LogP contribution >= 0.6 is 12.2 Å². The maximum atomic E-state index is 13.0. The number of hydrogen-bond donors (Lipinski definition) is 1. The first-order valence-corrected chi connectivity index (χ1v) is 9.96. The molecular weight excluding hydrogens is 389 g/mol. The summed E-state index contributed by atoms with van der Waals surface area (Å²) in [6.45, 7) is 6.08. The van der Waals surface area contributed by atoms with E-state index in [1.165, 1.54) is 18.2 Å². The Hall–Kier alpha value is -2.77. The molecule has 2 aromatic carbocycles. The van der Waals surface area contributed by atoms with Crippen LogP contribution in [0.4, 0.5) is 10.1 Å². The fraction of sp³-hybridized carbons (Fsp3) is 0.273. The van der Waals surface area contributed by atoms with E-state index in [-0.39, 0.29) is 11.4 Å². The highest BCUT2D eigenvalue weighted by molar-refractivity contribution is 7.80. The largest absolute Gasteiger partial charge is 0.423 e. The number of aryl methyl sites for hydroxylation is 1.